The van der Waals surface area contributed by atoms with Crippen molar-refractivity contribution in [2.75, 3.05) is 19.7 Å². The molecule has 29 heavy (non-hydrogen) atoms. The lowest BCUT2D eigenvalue weighted by molar-refractivity contribution is -0.0960. The molecule has 0 N–H and O–H groups in total. The topological polar surface area (TPSA) is 30.3 Å². The molecule has 0 radical (unpaired) electrons. The molecule has 4 nitrogen and oxygen atoms in total. The quantitative estimate of drug-likeness (QED) is 0.591. The molecule has 1 fully saturated rings. The third-order valence-electron chi connectivity index (χ3n) is 5.96. The van der Waals surface area contributed by atoms with Crippen molar-refractivity contribution >= 4 is 22.9 Å². The van der Waals surface area contributed by atoms with E-state index in [9.17, 15) is 4.39 Å². The average molecular weight is 432 g/mol. The van der Waals surface area contributed by atoms with Crippen molar-refractivity contribution in [2.24, 2.45) is 0 Å². The Kier molecular flexibility index (Phi) is 5.20. The maximum Gasteiger partial charge on any atom is 0.123 e. The van der Waals surface area contributed by atoms with Gasteiger partial charge >= 0.3 is 0 Å². The molecule has 0 saturated carbocycles. The van der Waals surface area contributed by atoms with Gasteiger partial charge < -0.3 is 4.74 Å². The van der Waals surface area contributed by atoms with Crippen LogP contribution in [0.3, 0.4) is 0 Å². The Morgan fingerprint density at radius 3 is 2.72 bits per heavy atom. The molecule has 5 rings (SSSR count). The highest BCUT2D eigenvalue weighted by atomic mass is 35.5. The van der Waals surface area contributed by atoms with Crippen LogP contribution in [-0.2, 0) is 29.8 Å². The van der Waals surface area contributed by atoms with Crippen molar-refractivity contribution in [1.29, 1.82) is 0 Å². The number of aromatic nitrogens is 2. The summed E-state index contributed by atoms with van der Waals surface area (Å²) in [6, 6.07) is 8.70. The zero-order valence-corrected chi connectivity index (χ0v) is 17.7. The van der Waals surface area contributed by atoms with E-state index in [1.54, 1.807) is 23.5 Å². The second-order valence-corrected chi connectivity index (χ2v) is 9.63. The predicted octanol–water partition coefficient (Wildman–Crippen LogP) is 4.85. The van der Waals surface area contributed by atoms with Gasteiger partial charge in [0.05, 0.1) is 23.7 Å². The van der Waals surface area contributed by atoms with E-state index in [4.69, 9.17) is 16.3 Å². The van der Waals surface area contributed by atoms with E-state index in [-0.39, 0.29) is 11.4 Å². The van der Waals surface area contributed by atoms with Gasteiger partial charge in [-0.05, 0) is 48.6 Å². The molecule has 0 unspecified atom stereocenters. The molecular weight excluding hydrogens is 409 g/mol. The Balaban J connectivity index is 1.21. The molecule has 2 aromatic heterocycles. The van der Waals surface area contributed by atoms with E-state index in [2.05, 4.69) is 22.3 Å². The van der Waals surface area contributed by atoms with Crippen molar-refractivity contribution in [3.63, 3.8) is 0 Å². The van der Waals surface area contributed by atoms with Crippen LogP contribution < -0.4 is 0 Å². The van der Waals surface area contributed by atoms with Crippen LogP contribution in [0.15, 0.2) is 42.7 Å². The van der Waals surface area contributed by atoms with Gasteiger partial charge in [0.1, 0.15) is 11.4 Å². The number of benzene rings is 1. The van der Waals surface area contributed by atoms with Crippen LogP contribution in [0.5, 0.6) is 0 Å². The summed E-state index contributed by atoms with van der Waals surface area (Å²) in [5.41, 5.74) is 3.48. The number of piperidine rings is 1. The van der Waals surface area contributed by atoms with Crippen molar-refractivity contribution in [3.05, 3.63) is 74.4 Å². The SMILES string of the molecule is Fc1ccc(Cn2cc(CN3CCC4(CC3)OCCc3cc(Cl)sc34)cn2)cc1. The first-order chi connectivity index (χ1) is 14.1. The van der Waals surface area contributed by atoms with Gasteiger partial charge in [-0.15, -0.1) is 11.3 Å². The van der Waals surface area contributed by atoms with E-state index in [0.717, 1.165) is 55.4 Å². The van der Waals surface area contributed by atoms with Gasteiger partial charge in [-0.2, -0.15) is 5.10 Å². The van der Waals surface area contributed by atoms with E-state index in [0.29, 0.717) is 6.54 Å². The van der Waals surface area contributed by atoms with Crippen LogP contribution in [0.4, 0.5) is 4.39 Å². The number of hydrogen-bond donors (Lipinski definition) is 0. The molecule has 0 atom stereocenters. The average Bonchev–Trinajstić information content (AvgIpc) is 3.32. The van der Waals surface area contributed by atoms with E-state index >= 15 is 0 Å². The lowest BCUT2D eigenvalue weighted by atomic mass is 9.85. The molecule has 4 heterocycles. The van der Waals surface area contributed by atoms with Crippen LogP contribution in [0, 0.1) is 5.82 Å². The highest BCUT2D eigenvalue weighted by molar-refractivity contribution is 7.16. The minimum Gasteiger partial charge on any atom is -0.369 e. The maximum absolute atomic E-state index is 13.1. The zero-order valence-electron chi connectivity index (χ0n) is 16.1. The van der Waals surface area contributed by atoms with Gasteiger partial charge in [-0.3, -0.25) is 9.58 Å². The fourth-order valence-corrected chi connectivity index (χ4v) is 5.94. The van der Waals surface area contributed by atoms with Gasteiger partial charge in [0, 0.05) is 36.3 Å². The number of hydrogen-bond acceptors (Lipinski definition) is 4. The summed E-state index contributed by atoms with van der Waals surface area (Å²) in [5.74, 6) is -0.211. The molecule has 1 saturated heterocycles. The van der Waals surface area contributed by atoms with Gasteiger partial charge in [0.15, 0.2) is 0 Å². The molecule has 2 aliphatic heterocycles. The van der Waals surface area contributed by atoms with Crippen molar-refractivity contribution in [3.8, 4) is 0 Å². The Bertz CT molecular complexity index is 992. The minimum atomic E-state index is -0.211. The first-order valence-electron chi connectivity index (χ1n) is 10.0. The Hall–Kier alpha value is -1.73. The van der Waals surface area contributed by atoms with Crippen LogP contribution in [0.1, 0.15) is 34.4 Å². The number of thiophene rings is 1. The third-order valence-corrected chi connectivity index (χ3v) is 7.45. The predicted molar refractivity (Wildman–Crippen MR) is 113 cm³/mol. The molecular formula is C22H23ClFN3OS. The molecule has 0 aliphatic carbocycles. The van der Waals surface area contributed by atoms with E-state index in [1.807, 2.05) is 10.9 Å². The summed E-state index contributed by atoms with van der Waals surface area (Å²) >= 11 is 7.97. The van der Waals surface area contributed by atoms with Gasteiger partial charge in [-0.25, -0.2) is 4.39 Å². The number of fused-ring (bicyclic) bond motifs is 2. The number of ether oxygens (including phenoxy) is 1. The Labute approximate surface area is 178 Å². The van der Waals surface area contributed by atoms with Gasteiger partial charge in [0.2, 0.25) is 0 Å². The zero-order chi connectivity index (χ0) is 19.8. The van der Waals surface area contributed by atoms with Crippen LogP contribution >= 0.6 is 22.9 Å². The number of halogens is 2. The number of likely N-dealkylation sites (tertiary alicyclic amines) is 1. The normalized spacial score (nSPS) is 18.8. The molecule has 7 heteroatoms. The van der Waals surface area contributed by atoms with Crippen LogP contribution in [0.2, 0.25) is 4.34 Å². The lowest BCUT2D eigenvalue weighted by Crippen LogP contribution is -2.45. The van der Waals surface area contributed by atoms with Crippen molar-refractivity contribution in [2.45, 2.75) is 38.0 Å². The first-order valence-corrected chi connectivity index (χ1v) is 11.2. The maximum atomic E-state index is 13.1. The second-order valence-electron chi connectivity index (χ2n) is 7.95. The van der Waals surface area contributed by atoms with E-state index < -0.39 is 0 Å². The van der Waals surface area contributed by atoms with Crippen molar-refractivity contribution in [1.82, 2.24) is 14.7 Å². The third kappa shape index (κ3) is 3.99. The Morgan fingerprint density at radius 2 is 1.93 bits per heavy atom. The largest absolute Gasteiger partial charge is 0.369 e. The molecule has 0 amide bonds. The minimum absolute atomic E-state index is 0.144. The van der Waals surface area contributed by atoms with Crippen LogP contribution in [0.25, 0.3) is 0 Å². The highest BCUT2D eigenvalue weighted by Crippen LogP contribution is 2.46. The monoisotopic (exact) mass is 431 g/mol. The highest BCUT2D eigenvalue weighted by Gasteiger charge is 2.42. The molecule has 0 bridgehead atoms. The summed E-state index contributed by atoms with van der Waals surface area (Å²) in [5, 5.41) is 4.47. The summed E-state index contributed by atoms with van der Waals surface area (Å²) in [6.45, 7) is 4.32. The lowest BCUT2D eigenvalue weighted by Gasteiger charge is -2.43. The van der Waals surface area contributed by atoms with Gasteiger partial charge in [-0.1, -0.05) is 23.7 Å². The van der Waals surface area contributed by atoms with Crippen molar-refractivity contribution < 1.29 is 9.13 Å². The smallest absolute Gasteiger partial charge is 0.123 e. The molecule has 1 spiro atoms. The second kappa shape index (κ2) is 7.84. The van der Waals surface area contributed by atoms with E-state index in [1.165, 1.54) is 28.1 Å². The fourth-order valence-electron chi connectivity index (χ4n) is 4.44. The molecule has 1 aromatic carbocycles. The number of rotatable bonds is 4. The standard InChI is InChI=1S/C22H23ClFN3OS/c23-20-11-18-5-10-28-22(21(18)29-20)6-8-26(9-7-22)13-17-12-25-27(15-17)14-16-1-3-19(24)4-2-16/h1-4,11-12,15H,5-10,13-14H2. The summed E-state index contributed by atoms with van der Waals surface area (Å²) in [4.78, 5) is 3.82. The molecule has 2 aliphatic rings. The van der Waals surface area contributed by atoms with Gasteiger partial charge in [0.25, 0.3) is 0 Å². The molecule has 152 valence electrons. The number of nitrogens with zero attached hydrogens (tertiary/aromatic N) is 3. The summed E-state index contributed by atoms with van der Waals surface area (Å²) in [7, 11) is 0. The fraction of sp³-hybridized carbons (Fsp3) is 0.409. The summed E-state index contributed by atoms with van der Waals surface area (Å²) < 4.78 is 22.2. The summed E-state index contributed by atoms with van der Waals surface area (Å²) in [6.07, 6.45) is 6.99. The first kappa shape index (κ1) is 19.2. The van der Waals surface area contributed by atoms with Crippen LogP contribution in [-0.4, -0.2) is 34.4 Å². The Morgan fingerprint density at radius 1 is 1.14 bits per heavy atom. The molecule has 3 aromatic rings.